The molecule has 4 nitrogen and oxygen atoms in total. The number of methoxy groups -OCH3 is 3. The lowest BCUT2D eigenvalue weighted by Gasteiger charge is -2.52. The van der Waals surface area contributed by atoms with Crippen molar-refractivity contribution in [1.29, 1.82) is 0 Å². The van der Waals surface area contributed by atoms with Gasteiger partial charge in [0, 0.05) is 33.1 Å². The highest BCUT2D eigenvalue weighted by Crippen LogP contribution is 2.67. The zero-order valence-electron chi connectivity index (χ0n) is 34.5. The predicted octanol–water partition coefficient (Wildman–Crippen LogP) is 13.5. The van der Waals surface area contributed by atoms with Crippen molar-refractivity contribution in [1.82, 2.24) is 0 Å². The largest absolute Gasteiger partial charge is 0.497 e. The average Bonchev–Trinajstić information content (AvgIpc) is 3.50. The molecule has 1 fully saturated rings. The first-order chi connectivity index (χ1) is 28.0. The highest BCUT2D eigenvalue weighted by Gasteiger charge is 2.55. The Bertz CT molecular complexity index is 2720. The molecule has 7 aromatic carbocycles. The number of ether oxygens (including phenoxy) is 4. The third kappa shape index (κ3) is 5.41. The summed E-state index contributed by atoms with van der Waals surface area (Å²) in [5.74, 6) is 3.33. The molecule has 7 aromatic rings. The minimum Gasteiger partial charge on any atom is -0.497 e. The fourth-order valence-electron chi connectivity index (χ4n) is 11.7. The second-order valence-electron chi connectivity index (χ2n) is 18.2. The Morgan fingerprint density at radius 3 is 1.79 bits per heavy atom. The predicted molar refractivity (Wildman–Crippen MR) is 238 cm³/mol. The topological polar surface area (TPSA) is 36.9 Å². The van der Waals surface area contributed by atoms with Gasteiger partial charge < -0.3 is 18.9 Å². The summed E-state index contributed by atoms with van der Waals surface area (Å²) < 4.78 is 25.5. The molecule has 2 aliphatic carbocycles. The molecule has 0 unspecified atom stereocenters. The van der Waals surface area contributed by atoms with Crippen LogP contribution in [0.3, 0.4) is 0 Å². The molecule has 10 rings (SSSR count). The zero-order chi connectivity index (χ0) is 40.0. The van der Waals surface area contributed by atoms with Crippen LogP contribution in [-0.4, -0.2) is 21.3 Å². The first-order valence-electron chi connectivity index (χ1n) is 20.5. The molecule has 1 saturated carbocycles. The minimum absolute atomic E-state index is 0.114. The van der Waals surface area contributed by atoms with E-state index in [1.54, 1.807) is 21.3 Å². The third-order valence-electron chi connectivity index (χ3n) is 13.2. The van der Waals surface area contributed by atoms with Crippen molar-refractivity contribution >= 4 is 27.6 Å². The van der Waals surface area contributed by atoms with E-state index in [-0.39, 0.29) is 16.2 Å². The maximum atomic E-state index is 7.86. The molecule has 0 saturated heterocycles. The minimum atomic E-state index is -0.948. The summed E-state index contributed by atoms with van der Waals surface area (Å²) in [5.41, 5.74) is 9.83. The molecule has 0 radical (unpaired) electrons. The number of rotatable bonds is 6. The van der Waals surface area contributed by atoms with Crippen molar-refractivity contribution in [3.05, 3.63) is 161 Å². The van der Waals surface area contributed by atoms with E-state index < -0.39 is 5.60 Å². The van der Waals surface area contributed by atoms with E-state index in [2.05, 4.69) is 143 Å². The van der Waals surface area contributed by atoms with Crippen molar-refractivity contribution in [2.24, 2.45) is 10.8 Å². The summed E-state index contributed by atoms with van der Waals surface area (Å²) in [6.45, 7) is 9.86. The second-order valence-corrected chi connectivity index (χ2v) is 18.2. The van der Waals surface area contributed by atoms with E-state index in [1.807, 2.05) is 24.3 Å². The van der Waals surface area contributed by atoms with Crippen molar-refractivity contribution in [2.45, 2.75) is 58.0 Å². The van der Waals surface area contributed by atoms with Crippen LogP contribution in [-0.2, 0) is 11.0 Å². The van der Waals surface area contributed by atoms with Gasteiger partial charge >= 0.3 is 0 Å². The second kappa shape index (κ2) is 13.0. The number of benzene rings is 7. The molecule has 0 bridgehead atoms. The molecule has 58 heavy (non-hydrogen) atoms. The number of hydrogen-bond donors (Lipinski definition) is 0. The van der Waals surface area contributed by atoms with Crippen LogP contribution in [0.4, 0.5) is 0 Å². The summed E-state index contributed by atoms with van der Waals surface area (Å²) in [7, 11) is 5.21. The average molecular weight is 763 g/mol. The molecular formula is C54H50O4. The Hall–Kier alpha value is -6.00. The van der Waals surface area contributed by atoms with Gasteiger partial charge in [0.25, 0.3) is 0 Å². The van der Waals surface area contributed by atoms with Crippen LogP contribution in [0.25, 0.3) is 49.9 Å². The van der Waals surface area contributed by atoms with Gasteiger partial charge in [-0.2, -0.15) is 0 Å². The van der Waals surface area contributed by atoms with Crippen LogP contribution in [0.2, 0.25) is 0 Å². The standard InChI is InChI=1S/C54H50O4/c1-51(2)31-52(3,4)33-53(32-51)46-18-11-10-16-41(46)48-44-30-47(57-7)43(40-17-12-14-34-13-8-9-15-39(34)40)29-45(44)50-42(49(48)53)27-28-54(58-50,35-19-23-37(55-5)24-20-35)36-21-25-38(56-6)26-22-36/h8-30H,31-33H2,1-7H3. The molecule has 0 amide bonds. The van der Waals surface area contributed by atoms with E-state index in [0.717, 1.165) is 68.9 Å². The summed E-state index contributed by atoms with van der Waals surface area (Å²) in [5, 5.41) is 4.58. The van der Waals surface area contributed by atoms with Gasteiger partial charge in [0.15, 0.2) is 5.60 Å². The van der Waals surface area contributed by atoms with Crippen LogP contribution in [0.5, 0.6) is 23.0 Å². The molecule has 0 N–H and O–H groups in total. The Morgan fingerprint density at radius 2 is 1.14 bits per heavy atom. The lowest BCUT2D eigenvalue weighted by Crippen LogP contribution is -2.44. The normalized spacial score (nSPS) is 17.6. The summed E-state index contributed by atoms with van der Waals surface area (Å²) >= 11 is 0. The van der Waals surface area contributed by atoms with Crippen LogP contribution in [0, 0.1) is 10.8 Å². The lowest BCUT2D eigenvalue weighted by molar-refractivity contribution is 0.0642. The van der Waals surface area contributed by atoms with Gasteiger partial charge in [-0.3, -0.25) is 0 Å². The monoisotopic (exact) mass is 762 g/mol. The SMILES string of the molecule is COc1ccc(C2(c3ccc(OC)cc3)C=Cc3c4c(c5cc(OC)c(-c6cccc7ccccc67)cc5c3O2)-c2ccccc2C42CC(C)(C)CC(C)(C)C2)cc1. The molecule has 290 valence electrons. The number of fused-ring (bicyclic) bond motifs is 11. The summed E-state index contributed by atoms with van der Waals surface area (Å²) in [6, 6.07) is 45.6. The van der Waals surface area contributed by atoms with E-state index >= 15 is 0 Å². The van der Waals surface area contributed by atoms with Gasteiger partial charge in [-0.15, -0.1) is 0 Å². The van der Waals surface area contributed by atoms with Crippen LogP contribution < -0.4 is 18.9 Å². The maximum Gasteiger partial charge on any atom is 0.178 e. The first kappa shape index (κ1) is 36.3. The lowest BCUT2D eigenvalue weighted by atomic mass is 9.52. The van der Waals surface area contributed by atoms with Gasteiger partial charge in [-0.25, -0.2) is 0 Å². The highest BCUT2D eigenvalue weighted by atomic mass is 16.5. The van der Waals surface area contributed by atoms with Gasteiger partial charge in [0.1, 0.15) is 23.0 Å². The van der Waals surface area contributed by atoms with Crippen molar-refractivity contribution in [3.63, 3.8) is 0 Å². The van der Waals surface area contributed by atoms with E-state index in [4.69, 9.17) is 18.9 Å². The van der Waals surface area contributed by atoms with Crippen molar-refractivity contribution in [2.75, 3.05) is 21.3 Å². The molecule has 0 atom stereocenters. The number of hydrogen-bond acceptors (Lipinski definition) is 4. The molecule has 0 aromatic heterocycles. The third-order valence-corrected chi connectivity index (χ3v) is 13.2. The van der Waals surface area contributed by atoms with Gasteiger partial charge in [0.05, 0.1) is 21.3 Å². The van der Waals surface area contributed by atoms with E-state index in [0.29, 0.717) is 0 Å². The molecule has 1 heterocycles. The van der Waals surface area contributed by atoms with Gasteiger partial charge in [-0.1, -0.05) is 125 Å². The van der Waals surface area contributed by atoms with E-state index in [9.17, 15) is 0 Å². The molecule has 1 spiro atoms. The first-order valence-corrected chi connectivity index (χ1v) is 20.5. The van der Waals surface area contributed by atoms with Crippen LogP contribution >= 0.6 is 0 Å². The quantitative estimate of drug-likeness (QED) is 0.169. The molecule has 3 aliphatic rings. The fourth-order valence-corrected chi connectivity index (χ4v) is 11.7. The van der Waals surface area contributed by atoms with E-state index in [1.165, 1.54) is 45.0 Å². The molecular weight excluding hydrogens is 713 g/mol. The smallest absolute Gasteiger partial charge is 0.178 e. The Morgan fingerprint density at radius 1 is 0.534 bits per heavy atom. The highest BCUT2D eigenvalue weighted by molar-refractivity contribution is 6.12. The van der Waals surface area contributed by atoms with Crippen LogP contribution in [0.15, 0.2) is 133 Å². The molecule has 4 heteroatoms. The van der Waals surface area contributed by atoms with Crippen molar-refractivity contribution in [3.8, 4) is 45.3 Å². The Balaban J connectivity index is 1.34. The Labute approximate surface area is 342 Å². The summed E-state index contributed by atoms with van der Waals surface area (Å²) in [6.07, 6.45) is 7.94. The molecule has 1 aliphatic heterocycles. The van der Waals surface area contributed by atoms with Gasteiger partial charge in [0.2, 0.25) is 0 Å². The summed E-state index contributed by atoms with van der Waals surface area (Å²) in [4.78, 5) is 0. The van der Waals surface area contributed by atoms with Crippen LogP contribution in [0.1, 0.15) is 74.8 Å². The Kier molecular flexibility index (Phi) is 8.15. The van der Waals surface area contributed by atoms with Crippen molar-refractivity contribution < 1.29 is 18.9 Å². The van der Waals surface area contributed by atoms with Gasteiger partial charge in [-0.05, 0) is 117 Å². The fraction of sp³-hybridized carbons (Fsp3) is 0.259. The maximum absolute atomic E-state index is 7.86. The zero-order valence-corrected chi connectivity index (χ0v) is 34.5.